The topological polar surface area (TPSA) is 165 Å². The number of ether oxygens (including phenoxy) is 4. The first-order valence-corrected chi connectivity index (χ1v) is 19.6. The Bertz CT molecular complexity index is 2290. The molecular formula is C44H44Cl2F2N4O8. The molecule has 0 aliphatic carbocycles. The number of carbonyl (C=O) groups is 4. The maximum Gasteiger partial charge on any atom is 0.410 e. The molecule has 1 aliphatic heterocycles. The van der Waals surface area contributed by atoms with Crippen LogP contribution in [0.4, 0.5) is 19.3 Å². The van der Waals surface area contributed by atoms with Gasteiger partial charge in [-0.05, 0) is 66.3 Å². The summed E-state index contributed by atoms with van der Waals surface area (Å²) in [4.78, 5) is 52.4. The summed E-state index contributed by atoms with van der Waals surface area (Å²) in [5, 5.41) is 19.3. The second kappa shape index (κ2) is 19.1. The molecule has 60 heavy (non-hydrogen) atoms. The highest BCUT2D eigenvalue weighted by molar-refractivity contribution is 6.31. The van der Waals surface area contributed by atoms with Gasteiger partial charge >= 0.3 is 18.0 Å². The fourth-order valence-corrected chi connectivity index (χ4v) is 7.55. The van der Waals surface area contributed by atoms with Crippen molar-refractivity contribution in [3.63, 3.8) is 0 Å². The molecule has 0 spiro atoms. The van der Waals surface area contributed by atoms with Gasteiger partial charge in [0.2, 0.25) is 12.2 Å². The summed E-state index contributed by atoms with van der Waals surface area (Å²) < 4.78 is 53.2. The number of anilines is 1. The number of hydrogen-bond acceptors (Lipinski definition) is 10. The lowest BCUT2D eigenvalue weighted by atomic mass is 9.62. The van der Waals surface area contributed by atoms with Gasteiger partial charge in [-0.1, -0.05) is 92.5 Å². The Kier molecular flexibility index (Phi) is 14.4. The van der Waals surface area contributed by atoms with Gasteiger partial charge in [0.15, 0.2) is 0 Å². The number of carbonyl (C=O) groups excluding carboxylic acids is 4. The zero-order valence-corrected chi connectivity index (χ0v) is 35.1. The SMILES string of the molecule is COc1cc(C(=O)OC(C)OC(=O)NC(C)C(=O)OCc2ccccc2)ccc1NC(=O)[C@@H]1N[C@@H](CC(C)(C)C)[C@](C#N)(c2ccc(Cl)cc2F)[C@H]1c1cccc(Cl)c1F. The summed E-state index contributed by atoms with van der Waals surface area (Å²) >= 11 is 12.4. The molecule has 0 saturated carbocycles. The molecule has 3 N–H and O–H groups in total. The van der Waals surface area contributed by atoms with Gasteiger partial charge in [-0.25, -0.2) is 23.2 Å². The van der Waals surface area contributed by atoms with Crippen LogP contribution in [0, 0.1) is 28.4 Å². The van der Waals surface area contributed by atoms with Crippen LogP contribution in [-0.4, -0.2) is 55.5 Å². The van der Waals surface area contributed by atoms with Gasteiger partial charge < -0.3 is 34.9 Å². The molecule has 1 aliphatic rings. The van der Waals surface area contributed by atoms with Gasteiger partial charge in [-0.3, -0.25) is 4.79 Å². The van der Waals surface area contributed by atoms with E-state index in [4.69, 9.17) is 42.1 Å². The first-order valence-electron chi connectivity index (χ1n) is 18.8. The number of hydrogen-bond donors (Lipinski definition) is 3. The van der Waals surface area contributed by atoms with Crippen molar-refractivity contribution < 1.29 is 46.9 Å². The van der Waals surface area contributed by atoms with Crippen LogP contribution in [0.5, 0.6) is 5.75 Å². The predicted molar refractivity (Wildman–Crippen MR) is 219 cm³/mol. The lowest BCUT2D eigenvalue weighted by Gasteiger charge is -2.37. The smallest absolute Gasteiger partial charge is 0.410 e. The molecule has 0 aromatic heterocycles. The van der Waals surface area contributed by atoms with Crippen LogP contribution in [0.25, 0.3) is 0 Å². The molecule has 5 rings (SSSR count). The molecule has 2 unspecified atom stereocenters. The molecule has 6 atom stereocenters. The molecule has 12 nitrogen and oxygen atoms in total. The van der Waals surface area contributed by atoms with E-state index in [1.807, 2.05) is 26.8 Å². The van der Waals surface area contributed by atoms with E-state index >= 15 is 8.78 Å². The van der Waals surface area contributed by atoms with Gasteiger partial charge in [0.1, 0.15) is 35.4 Å². The number of halogens is 4. The van der Waals surface area contributed by atoms with Crippen LogP contribution in [0.15, 0.2) is 84.9 Å². The van der Waals surface area contributed by atoms with Crippen molar-refractivity contribution >= 4 is 52.8 Å². The minimum atomic E-state index is -1.85. The molecule has 1 heterocycles. The normalized spacial score (nSPS) is 19.6. The average molecular weight is 866 g/mol. The molecule has 4 aromatic carbocycles. The molecule has 1 fully saturated rings. The summed E-state index contributed by atoms with van der Waals surface area (Å²) in [5.74, 6) is -5.37. The second-order valence-corrected chi connectivity index (χ2v) is 16.3. The van der Waals surface area contributed by atoms with E-state index in [9.17, 15) is 24.4 Å². The average Bonchev–Trinajstić information content (AvgIpc) is 3.51. The van der Waals surface area contributed by atoms with Crippen LogP contribution < -0.4 is 20.7 Å². The maximum absolute atomic E-state index is 16.1. The summed E-state index contributed by atoms with van der Waals surface area (Å²) in [5.41, 5.74) is -1.69. The van der Waals surface area contributed by atoms with Crippen LogP contribution >= 0.6 is 23.2 Å². The highest BCUT2D eigenvalue weighted by Gasteiger charge is 2.61. The van der Waals surface area contributed by atoms with E-state index in [0.717, 1.165) is 11.6 Å². The van der Waals surface area contributed by atoms with E-state index in [1.54, 1.807) is 24.3 Å². The van der Waals surface area contributed by atoms with Crippen molar-refractivity contribution in [1.82, 2.24) is 10.6 Å². The van der Waals surface area contributed by atoms with Gasteiger partial charge in [0.25, 0.3) is 0 Å². The third kappa shape index (κ3) is 10.3. The van der Waals surface area contributed by atoms with Crippen LogP contribution in [0.1, 0.15) is 74.0 Å². The minimum Gasteiger partial charge on any atom is -0.495 e. The number of nitriles is 1. The maximum atomic E-state index is 16.1. The fourth-order valence-electron chi connectivity index (χ4n) is 7.21. The molecule has 0 bridgehead atoms. The van der Waals surface area contributed by atoms with Crippen molar-refractivity contribution in [3.8, 4) is 11.8 Å². The Hall–Kier alpha value is -5.75. The zero-order chi connectivity index (χ0) is 43.9. The number of nitrogens with zero attached hydrogens (tertiary/aromatic N) is 1. The van der Waals surface area contributed by atoms with Gasteiger partial charge in [-0.15, -0.1) is 0 Å². The summed E-state index contributed by atoms with van der Waals surface area (Å²) in [6.07, 6.45) is -2.19. The third-order valence-corrected chi connectivity index (χ3v) is 10.4. The molecule has 4 aromatic rings. The number of alkyl carbamates (subject to hydrolysis) is 1. The van der Waals surface area contributed by atoms with Crippen molar-refractivity contribution in [3.05, 3.63) is 129 Å². The number of amides is 2. The molecule has 16 heteroatoms. The fraction of sp³-hybridized carbons (Fsp3) is 0.341. The summed E-state index contributed by atoms with van der Waals surface area (Å²) in [6.45, 7) is 8.46. The quantitative estimate of drug-likeness (QED) is 0.0876. The second-order valence-electron chi connectivity index (χ2n) is 15.4. The van der Waals surface area contributed by atoms with Gasteiger partial charge in [0.05, 0.1) is 35.5 Å². The van der Waals surface area contributed by atoms with Gasteiger partial charge in [0, 0.05) is 29.5 Å². The van der Waals surface area contributed by atoms with Crippen molar-refractivity contribution in [1.29, 1.82) is 5.26 Å². The number of benzene rings is 4. The molecule has 0 radical (unpaired) electrons. The standard InChI is InChI=1S/C44H44Cl2F2N4O8/c1-24(40(54)58-22-26-11-8-7-9-12-26)50-42(56)60-25(2)59-41(55)27-15-18-33(34(19-27)57-6)51-39(53)38-36(29-13-10-14-31(46)37(29)48)44(23-49,35(52-38)21-43(3,4)5)30-17-16-28(45)20-32(30)47/h7-20,24-25,35-36,38,52H,21-22H2,1-6H3,(H,50,56)(H,51,53)/t24?,25?,35-,36-,38+,44-/m0/s1. The third-order valence-electron chi connectivity index (χ3n) is 9.88. The van der Waals surface area contributed by atoms with E-state index in [2.05, 4.69) is 22.0 Å². The molecule has 316 valence electrons. The van der Waals surface area contributed by atoms with Crippen molar-refractivity contribution in [2.75, 3.05) is 12.4 Å². The largest absolute Gasteiger partial charge is 0.495 e. The van der Waals surface area contributed by atoms with Crippen molar-refractivity contribution in [2.45, 2.75) is 83.4 Å². The highest BCUT2D eigenvalue weighted by Crippen LogP contribution is 2.53. The molecule has 2 amide bonds. The number of methoxy groups -OCH3 is 1. The number of rotatable bonds is 13. The number of esters is 2. The van der Waals surface area contributed by atoms with Crippen LogP contribution in [0.3, 0.4) is 0 Å². The molecule has 1 saturated heterocycles. The highest BCUT2D eigenvalue weighted by atomic mass is 35.5. The Morgan fingerprint density at radius 3 is 2.32 bits per heavy atom. The van der Waals surface area contributed by atoms with Crippen molar-refractivity contribution in [2.24, 2.45) is 5.41 Å². The first-order chi connectivity index (χ1) is 28.4. The lowest BCUT2D eigenvalue weighted by molar-refractivity contribution is -0.147. The zero-order valence-electron chi connectivity index (χ0n) is 33.6. The van der Waals surface area contributed by atoms with E-state index in [0.29, 0.717) is 0 Å². The summed E-state index contributed by atoms with van der Waals surface area (Å²) in [6, 6.07) is 20.0. The summed E-state index contributed by atoms with van der Waals surface area (Å²) in [7, 11) is 1.30. The monoisotopic (exact) mass is 864 g/mol. The molecular weight excluding hydrogens is 821 g/mol. The minimum absolute atomic E-state index is 0.00697. The Labute approximate surface area is 356 Å². The van der Waals surface area contributed by atoms with Crippen LogP contribution in [0.2, 0.25) is 10.0 Å². The van der Waals surface area contributed by atoms with Crippen LogP contribution in [-0.2, 0) is 35.8 Å². The lowest BCUT2D eigenvalue weighted by Crippen LogP contribution is -2.45. The Morgan fingerprint density at radius 2 is 1.67 bits per heavy atom. The Balaban J connectivity index is 1.35. The van der Waals surface area contributed by atoms with E-state index in [1.165, 1.54) is 69.5 Å². The Morgan fingerprint density at radius 1 is 0.950 bits per heavy atom. The van der Waals surface area contributed by atoms with Gasteiger partial charge in [-0.2, -0.15) is 5.26 Å². The first kappa shape index (κ1) is 45.3. The predicted octanol–water partition coefficient (Wildman–Crippen LogP) is 8.60. The van der Waals surface area contributed by atoms with E-state index < -0.39 is 76.7 Å². The number of nitrogens with one attached hydrogen (secondary N) is 3. The van der Waals surface area contributed by atoms with E-state index in [-0.39, 0.29) is 51.2 Å².